The number of allylic oxidation sites excluding steroid dienone is 6. The predicted octanol–water partition coefficient (Wildman–Crippen LogP) is 7.65. The minimum atomic E-state index is -5.21. The Labute approximate surface area is 465 Å². The van der Waals surface area contributed by atoms with E-state index in [1.165, 1.54) is 56.7 Å². The highest BCUT2D eigenvalue weighted by Crippen LogP contribution is 2.54. The number of nitrogens with zero attached hydrogens (tertiary/aromatic N) is 3. The van der Waals surface area contributed by atoms with Gasteiger partial charge < -0.3 is 19.2 Å². The van der Waals surface area contributed by atoms with Crippen LogP contribution in [0.15, 0.2) is 111 Å². The van der Waals surface area contributed by atoms with Crippen LogP contribution in [0.3, 0.4) is 0 Å². The second-order valence-electron chi connectivity index (χ2n) is 20.0. The van der Waals surface area contributed by atoms with E-state index in [-0.39, 0.29) is 95.1 Å². The van der Waals surface area contributed by atoms with Gasteiger partial charge in [-0.25, -0.2) is 13.6 Å². The first-order valence-corrected chi connectivity index (χ1v) is 31.0. The summed E-state index contributed by atoms with van der Waals surface area (Å²) in [7, 11) is -16.8. The molecule has 27 heteroatoms. The monoisotopic (exact) mass is 1200 g/mol. The lowest BCUT2D eigenvalue weighted by Crippen LogP contribution is -2.33. The smallest absolute Gasteiger partial charge is 0.364 e. The fourth-order valence-corrected chi connectivity index (χ4v) is 13.3. The normalized spacial score (nSPS) is 19.5. The van der Waals surface area contributed by atoms with E-state index in [4.69, 9.17) is 14.3 Å². The third-order valence-corrected chi connectivity index (χ3v) is 18.1. The molecule has 8 rings (SSSR count). The number of anilines is 1. The molecule has 3 heterocycles. The average Bonchev–Trinajstić information content (AvgIpc) is 1.99. The summed E-state index contributed by atoms with van der Waals surface area (Å²) in [6.07, 6.45) is 5.65. The molecular formula is C54H56F2N3O18S4+. The van der Waals surface area contributed by atoms with Crippen LogP contribution in [0.5, 0.6) is 0 Å². The second-order valence-corrected chi connectivity index (χ2v) is 25.8. The van der Waals surface area contributed by atoms with Crippen LogP contribution in [0.2, 0.25) is 0 Å². The van der Waals surface area contributed by atoms with Crippen molar-refractivity contribution in [3.63, 3.8) is 0 Å². The van der Waals surface area contributed by atoms with E-state index < -0.39 is 107 Å². The Morgan fingerprint density at radius 2 is 1.35 bits per heavy atom. The summed E-state index contributed by atoms with van der Waals surface area (Å²) in [5.74, 6) is -6.63. The summed E-state index contributed by atoms with van der Waals surface area (Å²) in [6, 6.07) is 13.3. The number of methoxy groups -OCH3 is 2. The minimum absolute atomic E-state index is 0.0264. The Bertz CT molecular complexity index is 4050. The number of hydroxylamine groups is 2. The lowest BCUT2D eigenvalue weighted by atomic mass is 9.74. The van der Waals surface area contributed by atoms with Crippen LogP contribution < -0.4 is 4.90 Å². The molecule has 2 atom stereocenters. The van der Waals surface area contributed by atoms with Gasteiger partial charge in [0.2, 0.25) is 5.69 Å². The maximum Gasteiger partial charge on any atom is 0.364 e. The zero-order valence-electron chi connectivity index (χ0n) is 44.2. The maximum absolute atomic E-state index is 17.1. The summed E-state index contributed by atoms with van der Waals surface area (Å²) in [5, 5.41) is 0.977. The number of carbonyl (C=O) groups excluding carboxylic acids is 3. The maximum atomic E-state index is 17.1. The van der Waals surface area contributed by atoms with Crippen molar-refractivity contribution >= 4 is 102 Å². The third kappa shape index (κ3) is 11.9. The number of ether oxygens (including phenoxy) is 2. The molecule has 432 valence electrons. The van der Waals surface area contributed by atoms with Gasteiger partial charge in [0.15, 0.2) is 5.71 Å². The number of rotatable bonds is 21. The van der Waals surface area contributed by atoms with Crippen molar-refractivity contribution in [2.45, 2.75) is 84.8 Å². The Morgan fingerprint density at radius 3 is 1.93 bits per heavy atom. The quantitative estimate of drug-likeness (QED) is 0.0237. The van der Waals surface area contributed by atoms with E-state index in [1.54, 1.807) is 30.0 Å². The second kappa shape index (κ2) is 22.6. The van der Waals surface area contributed by atoms with Crippen LogP contribution >= 0.6 is 0 Å². The molecule has 0 bridgehead atoms. The zero-order chi connectivity index (χ0) is 59.4. The first kappa shape index (κ1) is 60.4. The van der Waals surface area contributed by atoms with Gasteiger partial charge in [0.25, 0.3) is 52.3 Å². The molecule has 2 amide bonds. The van der Waals surface area contributed by atoms with Gasteiger partial charge in [-0.15, -0.1) is 5.06 Å². The molecule has 5 aromatic rings. The van der Waals surface area contributed by atoms with Crippen molar-refractivity contribution in [3.05, 3.63) is 131 Å². The standard InChI is InChI=1S/C54H55F2N3O18S4/c1-6-22-57-42-14-9-32-8-12-35(79(66,67)68)29-38(32)50(42)53(2,20-24-75-4)45(57)16-10-33(49-40(55)27-34(28-41(49)56)52(62)77-59-47(60)18-19-48(59)61)11-17-46-54(3,21-25-76-5)51-39-30-36(80(69,70)71)31-44(81(72,73)74)37(39)13-15-43(51)58(46)23-7-26-78(63,64)65/h8-17,27-31H,6-7,18-26H2,1-5H3,(H3-,63,64,65,66,67,68,69,70,71,72,73,74)/p+1. The summed E-state index contributed by atoms with van der Waals surface area (Å²) < 4.78 is 189. The molecule has 4 N–H and O–H groups in total. The van der Waals surface area contributed by atoms with Gasteiger partial charge in [0, 0.05) is 93.1 Å². The van der Waals surface area contributed by atoms with Crippen LogP contribution in [0.4, 0.5) is 20.2 Å². The number of carbonyl (C=O) groups is 3. The van der Waals surface area contributed by atoms with E-state index in [0.29, 0.717) is 58.9 Å². The summed E-state index contributed by atoms with van der Waals surface area (Å²) in [5.41, 5.74) is -1.88. The molecule has 21 nitrogen and oxygen atoms in total. The van der Waals surface area contributed by atoms with E-state index in [2.05, 4.69) is 0 Å². The van der Waals surface area contributed by atoms with E-state index in [9.17, 15) is 66.3 Å². The molecule has 81 heavy (non-hydrogen) atoms. The van der Waals surface area contributed by atoms with E-state index in [0.717, 1.165) is 6.07 Å². The highest BCUT2D eigenvalue weighted by atomic mass is 32.2. The number of halogens is 2. The molecule has 1 saturated heterocycles. The minimum Gasteiger partial charge on any atom is -0.385 e. The number of amides is 2. The highest BCUT2D eigenvalue weighted by Gasteiger charge is 2.49. The van der Waals surface area contributed by atoms with Crippen LogP contribution in [-0.2, 0) is 75.2 Å². The van der Waals surface area contributed by atoms with Gasteiger partial charge in [-0.05, 0) is 121 Å². The van der Waals surface area contributed by atoms with Crippen molar-refractivity contribution in [2.24, 2.45) is 0 Å². The summed E-state index contributed by atoms with van der Waals surface area (Å²) in [4.78, 5) is 42.3. The Hall–Kier alpha value is -6.66. The number of hydrogen-bond acceptors (Lipinski definition) is 15. The zero-order valence-corrected chi connectivity index (χ0v) is 47.4. The molecule has 0 aliphatic carbocycles. The van der Waals surface area contributed by atoms with Crippen molar-refractivity contribution < 1.29 is 93.9 Å². The van der Waals surface area contributed by atoms with Gasteiger partial charge in [-0.3, -0.25) is 27.8 Å². The molecule has 2 unspecified atom stereocenters. The first-order valence-electron chi connectivity index (χ1n) is 25.0. The Morgan fingerprint density at radius 1 is 0.741 bits per heavy atom. The largest absolute Gasteiger partial charge is 0.385 e. The molecule has 0 radical (unpaired) electrons. The van der Waals surface area contributed by atoms with E-state index >= 15 is 8.78 Å². The Kier molecular flexibility index (Phi) is 16.9. The number of fused-ring (bicyclic) bond motifs is 6. The van der Waals surface area contributed by atoms with Crippen LogP contribution in [0.1, 0.15) is 86.3 Å². The SMILES string of the molecule is CCC[N+]1=C(/C=C/C(=C/C=C2/N(CCCS(=O)(=O)O)c3ccc4c(S(=O)(=O)O)cc(S(=O)(=O)O)cc4c3C2(C)CCOC)c2c(F)cc(C(=O)ON3C(=O)CCC3=O)cc2F)C(C)(CCOC)c2c1ccc1ccc(S(=O)(=O)O)cc21. The number of hydrogen-bond donors (Lipinski definition) is 4. The topological polar surface area (TPSA) is 306 Å². The van der Waals surface area contributed by atoms with Gasteiger partial charge in [-0.2, -0.15) is 38.2 Å². The fourth-order valence-electron chi connectivity index (χ4n) is 11.0. The lowest BCUT2D eigenvalue weighted by Gasteiger charge is -2.30. The molecular weight excluding hydrogens is 1140 g/mol. The number of imide groups is 1. The highest BCUT2D eigenvalue weighted by molar-refractivity contribution is 7.87. The van der Waals surface area contributed by atoms with Gasteiger partial charge in [-0.1, -0.05) is 25.1 Å². The molecule has 3 aliphatic rings. The first-order chi connectivity index (χ1) is 37.9. The van der Waals surface area contributed by atoms with E-state index in [1.807, 2.05) is 24.5 Å². The molecule has 0 aromatic heterocycles. The van der Waals surface area contributed by atoms with Crippen molar-refractivity contribution in [1.29, 1.82) is 0 Å². The van der Waals surface area contributed by atoms with Gasteiger partial charge in [0.05, 0.1) is 32.1 Å². The predicted molar refractivity (Wildman–Crippen MR) is 292 cm³/mol. The van der Waals surface area contributed by atoms with Crippen LogP contribution in [0.25, 0.3) is 27.1 Å². The van der Waals surface area contributed by atoms with Crippen molar-refractivity contribution in [2.75, 3.05) is 51.2 Å². The van der Waals surface area contributed by atoms with Crippen molar-refractivity contribution in [3.8, 4) is 0 Å². The molecule has 3 aliphatic heterocycles. The molecule has 5 aromatic carbocycles. The van der Waals surface area contributed by atoms with Gasteiger partial charge in [0.1, 0.15) is 23.1 Å². The lowest BCUT2D eigenvalue weighted by molar-refractivity contribution is -0.437. The molecule has 0 saturated carbocycles. The van der Waals surface area contributed by atoms with Crippen molar-refractivity contribution in [1.82, 2.24) is 5.06 Å². The number of benzene rings is 5. The molecule has 1 fully saturated rings. The van der Waals surface area contributed by atoms with Crippen LogP contribution in [-0.4, -0.2) is 131 Å². The summed E-state index contributed by atoms with van der Waals surface area (Å²) >= 11 is 0. The van der Waals surface area contributed by atoms with Crippen LogP contribution in [0, 0.1) is 11.6 Å². The Balaban J connectivity index is 1.42. The third-order valence-electron chi connectivity index (χ3n) is 14.7. The summed E-state index contributed by atoms with van der Waals surface area (Å²) in [6.45, 7) is 5.62. The van der Waals surface area contributed by atoms with Gasteiger partial charge >= 0.3 is 5.97 Å². The fraction of sp³-hybridized carbons (Fsp3) is 0.333. The molecule has 0 spiro atoms. The average molecular weight is 1200 g/mol.